The Labute approximate surface area is 222 Å². The van der Waals surface area contributed by atoms with Crippen molar-refractivity contribution in [1.29, 1.82) is 0 Å². The van der Waals surface area contributed by atoms with E-state index in [9.17, 15) is 22.8 Å². The van der Waals surface area contributed by atoms with Gasteiger partial charge >= 0.3 is 0 Å². The number of nitrogens with zero attached hydrogens (tertiary/aromatic N) is 2. The number of pyridine rings is 1. The van der Waals surface area contributed by atoms with Crippen LogP contribution in [-0.2, 0) is 14.6 Å². The second-order valence-electron chi connectivity index (χ2n) is 9.50. The monoisotopic (exact) mass is 534 g/mol. The number of sulfone groups is 1. The summed E-state index contributed by atoms with van der Waals surface area (Å²) in [6, 6.07) is 15.3. The number of carbonyl (C=O) groups excluding carboxylic acids is 3. The number of rotatable bonds is 6. The van der Waals surface area contributed by atoms with Crippen LogP contribution in [0.4, 0.5) is 11.5 Å². The van der Waals surface area contributed by atoms with Crippen LogP contribution in [0.1, 0.15) is 57.5 Å². The van der Waals surface area contributed by atoms with Crippen LogP contribution in [0.15, 0.2) is 65.7 Å². The molecule has 0 radical (unpaired) electrons. The first kappa shape index (κ1) is 27.0. The molecule has 1 fully saturated rings. The Kier molecular flexibility index (Phi) is 7.91. The number of nitrogens with one attached hydrogen (secondary N) is 2. The van der Waals surface area contributed by atoms with Crippen LogP contribution in [0.25, 0.3) is 0 Å². The Morgan fingerprint density at radius 3 is 2.16 bits per heavy atom. The summed E-state index contributed by atoms with van der Waals surface area (Å²) in [5.74, 6) is -0.118. The number of hydrogen-bond donors (Lipinski definition) is 2. The SMILES string of the molecule is CC(=O)Nc1ccc(C(=O)Nc2cc(C(=O)N3CCC(c4ccc(S(C)(=O)=O)cc4)CC3)ccc2C)cn1. The lowest BCUT2D eigenvalue weighted by atomic mass is 9.89. The molecule has 10 heteroatoms. The second-order valence-corrected chi connectivity index (χ2v) is 11.5. The second kappa shape index (κ2) is 11.1. The van der Waals surface area contributed by atoms with E-state index in [0.29, 0.717) is 40.6 Å². The zero-order valence-electron chi connectivity index (χ0n) is 21.5. The van der Waals surface area contributed by atoms with Crippen LogP contribution in [0.5, 0.6) is 0 Å². The van der Waals surface area contributed by atoms with Crippen molar-refractivity contribution in [3.8, 4) is 0 Å². The molecule has 1 aromatic heterocycles. The molecule has 0 atom stereocenters. The minimum absolute atomic E-state index is 0.104. The van der Waals surface area contributed by atoms with E-state index in [1.807, 2.05) is 24.0 Å². The van der Waals surface area contributed by atoms with Crippen molar-refractivity contribution in [2.24, 2.45) is 0 Å². The van der Waals surface area contributed by atoms with Crippen molar-refractivity contribution in [3.05, 3.63) is 83.0 Å². The molecule has 2 heterocycles. The Hall–Kier alpha value is -4.05. The molecule has 0 bridgehead atoms. The third-order valence-corrected chi connectivity index (χ3v) is 7.75. The van der Waals surface area contributed by atoms with Crippen molar-refractivity contribution in [3.63, 3.8) is 0 Å². The molecular weight excluding hydrogens is 504 g/mol. The van der Waals surface area contributed by atoms with Gasteiger partial charge in [-0.25, -0.2) is 13.4 Å². The number of aromatic nitrogens is 1. The predicted octanol–water partition coefficient (Wildman–Crippen LogP) is 4.02. The normalized spacial score (nSPS) is 14.1. The van der Waals surface area contributed by atoms with Gasteiger partial charge in [-0.1, -0.05) is 18.2 Å². The van der Waals surface area contributed by atoms with Gasteiger partial charge in [-0.05, 0) is 73.2 Å². The predicted molar refractivity (Wildman–Crippen MR) is 145 cm³/mol. The van der Waals surface area contributed by atoms with Gasteiger partial charge in [0.15, 0.2) is 9.84 Å². The van der Waals surface area contributed by atoms with E-state index < -0.39 is 9.84 Å². The van der Waals surface area contributed by atoms with E-state index in [-0.39, 0.29) is 23.6 Å². The molecule has 0 saturated carbocycles. The van der Waals surface area contributed by atoms with Crippen LogP contribution in [0, 0.1) is 6.92 Å². The molecule has 4 rings (SSSR count). The average molecular weight is 535 g/mol. The number of benzene rings is 2. The number of likely N-dealkylation sites (tertiary alicyclic amines) is 1. The van der Waals surface area contributed by atoms with Crippen molar-refractivity contribution >= 4 is 39.1 Å². The topological polar surface area (TPSA) is 126 Å². The molecule has 3 amide bonds. The minimum Gasteiger partial charge on any atom is -0.339 e. The average Bonchev–Trinajstić information content (AvgIpc) is 2.89. The highest BCUT2D eigenvalue weighted by Crippen LogP contribution is 2.30. The molecular formula is C28H30N4O5S. The summed E-state index contributed by atoms with van der Waals surface area (Å²) < 4.78 is 23.4. The van der Waals surface area contributed by atoms with Gasteiger partial charge < -0.3 is 15.5 Å². The fourth-order valence-electron chi connectivity index (χ4n) is 4.45. The van der Waals surface area contributed by atoms with Crippen LogP contribution in [0.3, 0.4) is 0 Å². The lowest BCUT2D eigenvalue weighted by Gasteiger charge is -2.32. The highest BCUT2D eigenvalue weighted by Gasteiger charge is 2.25. The van der Waals surface area contributed by atoms with Crippen LogP contribution in [-0.4, -0.2) is 55.4 Å². The maximum absolute atomic E-state index is 13.2. The molecule has 0 spiro atoms. The number of carbonyl (C=O) groups is 3. The van der Waals surface area contributed by atoms with E-state index in [4.69, 9.17) is 0 Å². The Morgan fingerprint density at radius 1 is 0.921 bits per heavy atom. The summed E-state index contributed by atoms with van der Waals surface area (Å²) in [5.41, 5.74) is 3.23. The third kappa shape index (κ3) is 6.44. The van der Waals surface area contributed by atoms with Crippen molar-refractivity contribution in [1.82, 2.24) is 9.88 Å². The standard InChI is InChI=1S/C28H30N4O5S/c1-18-4-5-22(16-25(18)31-27(34)23-8-11-26(29-17-23)30-19(2)33)28(35)32-14-12-21(13-15-32)20-6-9-24(10-7-20)38(3,36)37/h4-11,16-17,21H,12-15H2,1-3H3,(H,31,34)(H,29,30,33). The van der Waals surface area contributed by atoms with Gasteiger partial charge in [-0.2, -0.15) is 0 Å². The molecule has 3 aromatic rings. The molecule has 38 heavy (non-hydrogen) atoms. The summed E-state index contributed by atoms with van der Waals surface area (Å²) in [6.45, 7) is 4.39. The zero-order valence-corrected chi connectivity index (χ0v) is 22.3. The molecule has 1 aliphatic rings. The van der Waals surface area contributed by atoms with E-state index in [2.05, 4.69) is 15.6 Å². The lowest BCUT2D eigenvalue weighted by molar-refractivity contribution is -0.114. The highest BCUT2D eigenvalue weighted by atomic mass is 32.2. The van der Waals surface area contributed by atoms with Gasteiger partial charge in [0.1, 0.15) is 5.82 Å². The van der Waals surface area contributed by atoms with Gasteiger partial charge in [0, 0.05) is 43.7 Å². The number of amides is 3. The number of piperidine rings is 1. The number of hydrogen-bond acceptors (Lipinski definition) is 6. The maximum atomic E-state index is 13.2. The van der Waals surface area contributed by atoms with E-state index in [1.54, 1.807) is 42.5 Å². The molecule has 0 unspecified atom stereocenters. The molecule has 1 saturated heterocycles. The summed E-state index contributed by atoms with van der Waals surface area (Å²) in [4.78, 5) is 43.3. The zero-order chi connectivity index (χ0) is 27.4. The quantitative estimate of drug-likeness (QED) is 0.492. The summed E-state index contributed by atoms with van der Waals surface area (Å²) in [5, 5.41) is 5.40. The Bertz CT molecular complexity index is 1460. The van der Waals surface area contributed by atoms with Gasteiger partial charge in [-0.3, -0.25) is 14.4 Å². The molecule has 2 aromatic carbocycles. The number of aryl methyl sites for hydroxylation is 1. The largest absolute Gasteiger partial charge is 0.339 e. The fourth-order valence-corrected chi connectivity index (χ4v) is 5.08. The third-order valence-electron chi connectivity index (χ3n) is 6.62. The summed E-state index contributed by atoms with van der Waals surface area (Å²) in [6.07, 6.45) is 4.13. The molecule has 198 valence electrons. The Morgan fingerprint density at radius 2 is 1.58 bits per heavy atom. The van der Waals surface area contributed by atoms with Crippen molar-refractivity contribution in [2.75, 3.05) is 30.0 Å². The van der Waals surface area contributed by atoms with Crippen molar-refractivity contribution < 1.29 is 22.8 Å². The van der Waals surface area contributed by atoms with E-state index >= 15 is 0 Å². The molecule has 1 aliphatic heterocycles. The first-order valence-electron chi connectivity index (χ1n) is 12.3. The lowest BCUT2D eigenvalue weighted by Crippen LogP contribution is -2.38. The van der Waals surface area contributed by atoms with Crippen LogP contribution >= 0.6 is 0 Å². The molecule has 0 aliphatic carbocycles. The van der Waals surface area contributed by atoms with Gasteiger partial charge in [0.25, 0.3) is 11.8 Å². The van der Waals surface area contributed by atoms with Gasteiger partial charge in [0.05, 0.1) is 10.5 Å². The van der Waals surface area contributed by atoms with E-state index in [0.717, 1.165) is 24.0 Å². The summed E-state index contributed by atoms with van der Waals surface area (Å²) in [7, 11) is -3.23. The molecule has 2 N–H and O–H groups in total. The first-order valence-corrected chi connectivity index (χ1v) is 14.2. The smallest absolute Gasteiger partial charge is 0.257 e. The number of anilines is 2. The van der Waals surface area contributed by atoms with Gasteiger partial charge in [0.2, 0.25) is 5.91 Å². The first-order chi connectivity index (χ1) is 18.0. The highest BCUT2D eigenvalue weighted by molar-refractivity contribution is 7.90. The summed E-state index contributed by atoms with van der Waals surface area (Å²) >= 11 is 0. The van der Waals surface area contributed by atoms with E-state index in [1.165, 1.54) is 19.4 Å². The van der Waals surface area contributed by atoms with Gasteiger partial charge in [-0.15, -0.1) is 0 Å². The maximum Gasteiger partial charge on any atom is 0.257 e. The molecule has 9 nitrogen and oxygen atoms in total. The Balaban J connectivity index is 1.39. The van der Waals surface area contributed by atoms with Crippen LogP contribution in [0.2, 0.25) is 0 Å². The van der Waals surface area contributed by atoms with Crippen LogP contribution < -0.4 is 10.6 Å². The fraction of sp³-hybridized carbons (Fsp3) is 0.286. The minimum atomic E-state index is -3.23. The van der Waals surface area contributed by atoms with Crippen molar-refractivity contribution in [2.45, 2.75) is 37.5 Å².